The van der Waals surface area contributed by atoms with Crippen molar-refractivity contribution in [3.63, 3.8) is 0 Å². The molecule has 0 spiro atoms. The molecule has 0 saturated carbocycles. The van der Waals surface area contributed by atoms with Crippen molar-refractivity contribution < 1.29 is 9.59 Å². The second kappa shape index (κ2) is 6.99. The van der Waals surface area contributed by atoms with Crippen molar-refractivity contribution in [3.05, 3.63) is 12.7 Å². The number of carbonyl (C=O) groups excluding carboxylic acids is 2. The minimum absolute atomic E-state index is 0.00288. The highest BCUT2D eigenvalue weighted by Crippen LogP contribution is 1.98. The fourth-order valence-electron chi connectivity index (χ4n) is 2.05. The molecule has 1 N–H and O–H groups in total. The van der Waals surface area contributed by atoms with E-state index >= 15 is 0 Å². The molecule has 0 unspecified atom stereocenters. The van der Waals surface area contributed by atoms with Gasteiger partial charge in [-0.25, -0.2) is 4.98 Å². The SMILES string of the molecule is CN(CC(=O)N1CCNCC1)C(=O)CCn1cncn1. The predicted octanol–water partition coefficient (Wildman–Crippen LogP) is -1.44. The van der Waals surface area contributed by atoms with Crippen LogP contribution in [0.4, 0.5) is 0 Å². The van der Waals surface area contributed by atoms with E-state index in [4.69, 9.17) is 0 Å². The molecule has 0 radical (unpaired) electrons. The van der Waals surface area contributed by atoms with Gasteiger partial charge in [0.05, 0.1) is 13.1 Å². The van der Waals surface area contributed by atoms with Gasteiger partial charge in [-0.05, 0) is 0 Å². The summed E-state index contributed by atoms with van der Waals surface area (Å²) in [6, 6.07) is 0. The summed E-state index contributed by atoms with van der Waals surface area (Å²) >= 11 is 0. The summed E-state index contributed by atoms with van der Waals surface area (Å²) < 4.78 is 1.60. The molecule has 0 atom stereocenters. The Hall–Kier alpha value is -1.96. The van der Waals surface area contributed by atoms with Crippen LogP contribution in [0.3, 0.4) is 0 Å². The van der Waals surface area contributed by atoms with E-state index in [1.54, 1.807) is 23.0 Å². The van der Waals surface area contributed by atoms with Crippen LogP contribution in [-0.4, -0.2) is 76.2 Å². The van der Waals surface area contributed by atoms with E-state index in [0.717, 1.165) is 13.1 Å². The van der Waals surface area contributed by atoms with Gasteiger partial charge in [-0.2, -0.15) is 5.10 Å². The van der Waals surface area contributed by atoms with Crippen molar-refractivity contribution in [2.75, 3.05) is 39.8 Å². The molecule has 0 aliphatic carbocycles. The number of nitrogens with zero attached hydrogens (tertiary/aromatic N) is 5. The molecule has 1 fully saturated rings. The Bertz CT molecular complexity index is 441. The van der Waals surface area contributed by atoms with Gasteiger partial charge in [-0.15, -0.1) is 0 Å². The van der Waals surface area contributed by atoms with Crippen LogP contribution in [0.2, 0.25) is 0 Å². The van der Waals surface area contributed by atoms with Crippen molar-refractivity contribution in [2.45, 2.75) is 13.0 Å². The zero-order chi connectivity index (χ0) is 14.4. The molecule has 110 valence electrons. The second-order valence-corrected chi connectivity index (χ2v) is 4.79. The molecule has 8 nitrogen and oxygen atoms in total. The van der Waals surface area contributed by atoms with Crippen LogP contribution in [0.25, 0.3) is 0 Å². The summed E-state index contributed by atoms with van der Waals surface area (Å²) in [6.45, 7) is 3.66. The highest BCUT2D eigenvalue weighted by Gasteiger charge is 2.19. The summed E-state index contributed by atoms with van der Waals surface area (Å²) in [5, 5.41) is 7.13. The second-order valence-electron chi connectivity index (χ2n) is 4.79. The van der Waals surface area contributed by atoms with Crippen LogP contribution in [0.5, 0.6) is 0 Å². The first kappa shape index (κ1) is 14.4. The standard InChI is InChI=1S/C12H20N6O2/c1-16(8-12(20)17-6-3-13-4-7-17)11(19)2-5-18-10-14-9-15-18/h9-10,13H,2-8H2,1H3. The van der Waals surface area contributed by atoms with Gasteiger partial charge in [0, 0.05) is 39.6 Å². The molecular weight excluding hydrogens is 260 g/mol. The molecule has 0 aromatic carbocycles. The van der Waals surface area contributed by atoms with Crippen molar-refractivity contribution in [3.8, 4) is 0 Å². The van der Waals surface area contributed by atoms with Gasteiger partial charge in [-0.3, -0.25) is 14.3 Å². The molecule has 1 aliphatic heterocycles. The molecule has 2 rings (SSSR count). The van der Waals surface area contributed by atoms with Crippen molar-refractivity contribution >= 4 is 11.8 Å². The Kier molecular flexibility index (Phi) is 5.05. The summed E-state index contributed by atoms with van der Waals surface area (Å²) in [6.07, 6.45) is 3.32. The number of piperazine rings is 1. The Morgan fingerprint density at radius 3 is 2.75 bits per heavy atom. The smallest absolute Gasteiger partial charge is 0.242 e. The third-order valence-corrected chi connectivity index (χ3v) is 3.29. The van der Waals surface area contributed by atoms with Crippen LogP contribution in [-0.2, 0) is 16.1 Å². The molecule has 0 bridgehead atoms. The Morgan fingerprint density at radius 1 is 1.35 bits per heavy atom. The number of likely N-dealkylation sites (N-methyl/N-ethyl adjacent to an activating group) is 1. The number of amides is 2. The summed E-state index contributed by atoms with van der Waals surface area (Å²) in [5.74, 6) is -0.0629. The highest BCUT2D eigenvalue weighted by molar-refractivity contribution is 5.84. The van der Waals surface area contributed by atoms with Crippen molar-refractivity contribution in [2.24, 2.45) is 0 Å². The monoisotopic (exact) mass is 280 g/mol. The van der Waals surface area contributed by atoms with Gasteiger partial charge in [0.1, 0.15) is 12.7 Å². The lowest BCUT2D eigenvalue weighted by Gasteiger charge is -2.29. The van der Waals surface area contributed by atoms with Crippen LogP contribution >= 0.6 is 0 Å². The minimum atomic E-state index is -0.0658. The molecule has 1 aromatic rings. The Balaban J connectivity index is 1.73. The minimum Gasteiger partial charge on any atom is -0.339 e. The molecular formula is C12H20N6O2. The van der Waals surface area contributed by atoms with E-state index in [9.17, 15) is 9.59 Å². The van der Waals surface area contributed by atoms with Crippen LogP contribution in [0.1, 0.15) is 6.42 Å². The van der Waals surface area contributed by atoms with Gasteiger partial charge in [-0.1, -0.05) is 0 Å². The first-order chi connectivity index (χ1) is 9.66. The fraction of sp³-hybridized carbons (Fsp3) is 0.667. The van der Waals surface area contributed by atoms with E-state index in [2.05, 4.69) is 15.4 Å². The van der Waals surface area contributed by atoms with Crippen molar-refractivity contribution in [1.29, 1.82) is 0 Å². The zero-order valence-corrected chi connectivity index (χ0v) is 11.7. The van der Waals surface area contributed by atoms with Gasteiger partial charge < -0.3 is 15.1 Å². The topological polar surface area (TPSA) is 83.4 Å². The van der Waals surface area contributed by atoms with Gasteiger partial charge in [0.2, 0.25) is 11.8 Å². The van der Waals surface area contributed by atoms with Gasteiger partial charge in [0.25, 0.3) is 0 Å². The van der Waals surface area contributed by atoms with Crippen LogP contribution < -0.4 is 5.32 Å². The number of aryl methyl sites for hydroxylation is 1. The molecule has 2 amide bonds. The summed E-state index contributed by atoms with van der Waals surface area (Å²) in [5.41, 5.74) is 0. The quantitative estimate of drug-likeness (QED) is 0.714. The third-order valence-electron chi connectivity index (χ3n) is 3.29. The number of nitrogens with one attached hydrogen (secondary N) is 1. The molecule has 1 aliphatic rings. The largest absolute Gasteiger partial charge is 0.339 e. The molecule has 1 aromatic heterocycles. The lowest BCUT2D eigenvalue weighted by atomic mass is 10.3. The summed E-state index contributed by atoms with van der Waals surface area (Å²) in [4.78, 5) is 31.0. The first-order valence-corrected chi connectivity index (χ1v) is 6.71. The molecule has 2 heterocycles. The summed E-state index contributed by atoms with van der Waals surface area (Å²) in [7, 11) is 1.66. The van der Waals surface area contributed by atoms with Crippen LogP contribution in [0, 0.1) is 0 Å². The molecule has 8 heteroatoms. The van der Waals surface area contributed by atoms with E-state index in [1.807, 2.05) is 0 Å². The highest BCUT2D eigenvalue weighted by atomic mass is 16.2. The number of carbonyl (C=O) groups is 2. The maximum atomic E-state index is 12.0. The number of hydrogen-bond acceptors (Lipinski definition) is 5. The number of hydrogen-bond donors (Lipinski definition) is 1. The van der Waals surface area contributed by atoms with Crippen molar-refractivity contribution in [1.82, 2.24) is 29.9 Å². The number of aromatic nitrogens is 3. The van der Waals surface area contributed by atoms with E-state index in [0.29, 0.717) is 26.1 Å². The zero-order valence-electron chi connectivity index (χ0n) is 11.7. The lowest BCUT2D eigenvalue weighted by molar-refractivity contribution is -0.139. The van der Waals surface area contributed by atoms with E-state index < -0.39 is 0 Å². The Morgan fingerprint density at radius 2 is 2.10 bits per heavy atom. The first-order valence-electron chi connectivity index (χ1n) is 6.71. The normalized spacial score (nSPS) is 15.2. The lowest BCUT2D eigenvalue weighted by Crippen LogP contribution is -2.49. The predicted molar refractivity (Wildman–Crippen MR) is 71.7 cm³/mol. The fourth-order valence-corrected chi connectivity index (χ4v) is 2.05. The van der Waals surface area contributed by atoms with E-state index in [-0.39, 0.29) is 18.4 Å². The third kappa shape index (κ3) is 4.02. The van der Waals surface area contributed by atoms with Gasteiger partial charge in [0.15, 0.2) is 0 Å². The maximum absolute atomic E-state index is 12.0. The average Bonchev–Trinajstić information content (AvgIpc) is 2.98. The van der Waals surface area contributed by atoms with Gasteiger partial charge >= 0.3 is 0 Å². The molecule has 20 heavy (non-hydrogen) atoms. The Labute approximate surface area is 117 Å². The van der Waals surface area contributed by atoms with Crippen LogP contribution in [0.15, 0.2) is 12.7 Å². The van der Waals surface area contributed by atoms with E-state index in [1.165, 1.54) is 11.2 Å². The maximum Gasteiger partial charge on any atom is 0.242 e. The molecule has 1 saturated heterocycles. The average molecular weight is 280 g/mol. The number of rotatable bonds is 5.